The van der Waals surface area contributed by atoms with Gasteiger partial charge in [-0.25, -0.2) is 13.6 Å². The molecule has 1 amide bonds. The van der Waals surface area contributed by atoms with Crippen LogP contribution in [0.1, 0.15) is 6.92 Å². The normalized spacial score (nSPS) is 12.3. The van der Waals surface area contributed by atoms with E-state index < -0.39 is 37.5 Å². The number of hydrogen-bond acceptors (Lipinski definition) is 6. The first-order valence-corrected chi connectivity index (χ1v) is 8.96. The van der Waals surface area contributed by atoms with Gasteiger partial charge in [0.1, 0.15) is 0 Å². The molecule has 10 heteroatoms. The molecule has 0 saturated carbocycles. The number of nitro benzene ring substituents is 1. The topological polar surface area (TPSA) is 133 Å². The molecular formula is C16H17N3O6S. The molecular weight excluding hydrogens is 362 g/mol. The number of carbonyl (C=O) groups excluding carboxylic acids is 1. The van der Waals surface area contributed by atoms with Crippen LogP contribution in [0.4, 0.5) is 11.4 Å². The van der Waals surface area contributed by atoms with Crippen molar-refractivity contribution in [3.8, 4) is 5.75 Å². The number of nitrogens with two attached hydrogens (primary N) is 1. The van der Waals surface area contributed by atoms with Crippen LogP contribution in [0.25, 0.3) is 0 Å². The number of benzene rings is 2. The molecule has 0 spiro atoms. The molecule has 0 aromatic heterocycles. The minimum Gasteiger partial charge on any atom is -0.474 e. The summed E-state index contributed by atoms with van der Waals surface area (Å²) in [5.74, 6) is -0.661. The fourth-order valence-electron chi connectivity index (χ4n) is 2.21. The number of likely N-dealkylation sites (N-methyl/N-ethyl adjacent to an activating group) is 1. The van der Waals surface area contributed by atoms with Gasteiger partial charge < -0.3 is 9.64 Å². The van der Waals surface area contributed by atoms with E-state index in [4.69, 9.17) is 9.88 Å². The minimum atomic E-state index is -4.11. The van der Waals surface area contributed by atoms with Gasteiger partial charge in [-0.15, -0.1) is 0 Å². The number of nitrogens with zero attached hydrogens (tertiary/aromatic N) is 2. The van der Waals surface area contributed by atoms with Gasteiger partial charge >= 0.3 is 5.69 Å². The van der Waals surface area contributed by atoms with Crippen molar-refractivity contribution in [2.45, 2.75) is 17.9 Å². The zero-order chi connectivity index (χ0) is 19.5. The van der Waals surface area contributed by atoms with E-state index in [0.717, 1.165) is 18.2 Å². The molecule has 2 N–H and O–H groups in total. The minimum absolute atomic E-state index is 0.232. The molecule has 9 nitrogen and oxygen atoms in total. The summed E-state index contributed by atoms with van der Waals surface area (Å²) in [4.78, 5) is 23.8. The predicted octanol–water partition coefficient (Wildman–Crippen LogP) is 1.67. The van der Waals surface area contributed by atoms with E-state index in [-0.39, 0.29) is 5.75 Å². The highest BCUT2D eigenvalue weighted by Gasteiger charge is 2.25. The Kier molecular flexibility index (Phi) is 5.58. The summed E-state index contributed by atoms with van der Waals surface area (Å²) in [6.45, 7) is 1.44. The molecule has 0 aliphatic heterocycles. The molecule has 0 bridgehead atoms. The van der Waals surface area contributed by atoms with Gasteiger partial charge in [-0.2, -0.15) is 0 Å². The zero-order valence-electron chi connectivity index (χ0n) is 14.0. The van der Waals surface area contributed by atoms with Crippen LogP contribution in [0.3, 0.4) is 0 Å². The number of carbonyl (C=O) groups is 1. The van der Waals surface area contributed by atoms with E-state index >= 15 is 0 Å². The van der Waals surface area contributed by atoms with Crippen LogP contribution >= 0.6 is 0 Å². The van der Waals surface area contributed by atoms with Gasteiger partial charge in [0.15, 0.2) is 11.9 Å². The third-order valence-electron chi connectivity index (χ3n) is 3.58. The van der Waals surface area contributed by atoms with Crippen molar-refractivity contribution in [2.24, 2.45) is 5.14 Å². The summed E-state index contributed by atoms with van der Waals surface area (Å²) in [6, 6.07) is 11.8. The first-order chi connectivity index (χ1) is 12.1. The lowest BCUT2D eigenvalue weighted by atomic mass is 10.2. The van der Waals surface area contributed by atoms with E-state index in [1.165, 1.54) is 11.8 Å². The number of ether oxygens (including phenoxy) is 1. The highest BCUT2D eigenvalue weighted by molar-refractivity contribution is 7.89. The van der Waals surface area contributed by atoms with Crippen molar-refractivity contribution in [1.29, 1.82) is 0 Å². The van der Waals surface area contributed by atoms with Crippen LogP contribution in [-0.2, 0) is 14.8 Å². The molecule has 26 heavy (non-hydrogen) atoms. The van der Waals surface area contributed by atoms with Crippen LogP contribution in [0.5, 0.6) is 5.75 Å². The van der Waals surface area contributed by atoms with Gasteiger partial charge in [0.2, 0.25) is 10.0 Å². The fraction of sp³-hybridized carbons (Fsp3) is 0.188. The zero-order valence-corrected chi connectivity index (χ0v) is 14.8. The second-order valence-corrected chi connectivity index (χ2v) is 6.99. The van der Waals surface area contributed by atoms with Crippen LogP contribution in [0, 0.1) is 10.1 Å². The summed E-state index contributed by atoms with van der Waals surface area (Å²) in [6.07, 6.45) is -1.04. The average Bonchev–Trinajstić information content (AvgIpc) is 2.60. The Bertz CT molecular complexity index is 930. The van der Waals surface area contributed by atoms with Crippen LogP contribution < -0.4 is 14.8 Å². The molecule has 0 fully saturated rings. The Labute approximate surface area is 150 Å². The van der Waals surface area contributed by atoms with Crippen molar-refractivity contribution in [2.75, 3.05) is 11.9 Å². The number of para-hydroxylation sites is 1. The molecule has 2 aromatic rings. The molecule has 0 aliphatic rings. The molecule has 0 radical (unpaired) electrons. The third-order valence-corrected chi connectivity index (χ3v) is 4.49. The highest BCUT2D eigenvalue weighted by atomic mass is 32.2. The largest absolute Gasteiger partial charge is 0.474 e. The lowest BCUT2D eigenvalue weighted by Crippen LogP contribution is -2.38. The number of sulfonamides is 1. The van der Waals surface area contributed by atoms with Crippen LogP contribution in [0.2, 0.25) is 0 Å². The molecule has 0 aliphatic carbocycles. The molecule has 2 rings (SSSR count). The maximum absolute atomic E-state index is 12.5. The number of primary sulfonamides is 1. The molecule has 138 valence electrons. The smallest absolute Gasteiger partial charge is 0.312 e. The summed E-state index contributed by atoms with van der Waals surface area (Å²) >= 11 is 0. The van der Waals surface area contributed by atoms with E-state index in [0.29, 0.717) is 5.69 Å². The maximum atomic E-state index is 12.5. The summed E-state index contributed by atoms with van der Waals surface area (Å²) in [5.41, 5.74) is 0.0329. The first kappa shape index (κ1) is 19.3. The lowest BCUT2D eigenvalue weighted by Gasteiger charge is -2.22. The van der Waals surface area contributed by atoms with Crippen molar-refractivity contribution >= 4 is 27.3 Å². The Hall–Kier alpha value is -2.98. The Morgan fingerprint density at radius 2 is 1.85 bits per heavy atom. The van der Waals surface area contributed by atoms with Gasteiger partial charge in [0, 0.05) is 18.8 Å². The highest BCUT2D eigenvalue weighted by Crippen LogP contribution is 2.30. The molecule has 0 unspecified atom stereocenters. The van der Waals surface area contributed by atoms with E-state index in [2.05, 4.69) is 0 Å². The SMILES string of the molecule is C[C@@H](Oc1ccc(S(N)(=O)=O)cc1[N+](=O)[O-])C(=O)N(C)c1ccccc1. The van der Waals surface area contributed by atoms with Gasteiger partial charge in [0.05, 0.1) is 9.82 Å². The number of nitro groups is 1. The maximum Gasteiger partial charge on any atom is 0.312 e. The first-order valence-electron chi connectivity index (χ1n) is 7.42. The molecule has 2 aromatic carbocycles. The monoisotopic (exact) mass is 379 g/mol. The van der Waals surface area contributed by atoms with Gasteiger partial charge in [-0.3, -0.25) is 14.9 Å². The van der Waals surface area contributed by atoms with Crippen molar-refractivity contribution in [1.82, 2.24) is 0 Å². The fourth-order valence-corrected chi connectivity index (χ4v) is 2.74. The van der Waals surface area contributed by atoms with E-state index in [1.54, 1.807) is 37.4 Å². The quantitative estimate of drug-likeness (QED) is 0.599. The number of anilines is 1. The van der Waals surface area contributed by atoms with Gasteiger partial charge in [-0.1, -0.05) is 18.2 Å². The summed E-state index contributed by atoms with van der Waals surface area (Å²) < 4.78 is 28.1. The van der Waals surface area contributed by atoms with E-state index in [1.807, 2.05) is 0 Å². The van der Waals surface area contributed by atoms with Crippen molar-refractivity contribution in [3.05, 3.63) is 58.6 Å². The lowest BCUT2D eigenvalue weighted by molar-refractivity contribution is -0.386. The average molecular weight is 379 g/mol. The standard InChI is InChI=1S/C16H17N3O6S/c1-11(16(20)18(2)12-6-4-3-5-7-12)25-15-9-8-13(26(17,23)24)10-14(15)19(21)22/h3-11H,1-2H3,(H2,17,23,24)/t11-/m1/s1. The molecule has 0 saturated heterocycles. The van der Waals surface area contributed by atoms with Crippen LogP contribution in [0.15, 0.2) is 53.4 Å². The Balaban J connectivity index is 2.27. The van der Waals surface area contributed by atoms with Crippen LogP contribution in [-0.4, -0.2) is 32.4 Å². The summed E-state index contributed by atoms with van der Waals surface area (Å²) in [5, 5.41) is 16.2. The number of rotatable bonds is 6. The Morgan fingerprint density at radius 1 is 1.23 bits per heavy atom. The number of amides is 1. The number of hydrogen-bond donors (Lipinski definition) is 1. The second kappa shape index (κ2) is 7.50. The van der Waals surface area contributed by atoms with Gasteiger partial charge in [-0.05, 0) is 31.2 Å². The van der Waals surface area contributed by atoms with Crippen molar-refractivity contribution < 1.29 is 22.9 Å². The molecule has 1 atom stereocenters. The van der Waals surface area contributed by atoms with Gasteiger partial charge in [0.25, 0.3) is 5.91 Å². The second-order valence-electron chi connectivity index (χ2n) is 5.42. The summed E-state index contributed by atoms with van der Waals surface area (Å²) in [7, 11) is -2.55. The third kappa shape index (κ3) is 4.35. The molecule has 0 heterocycles. The van der Waals surface area contributed by atoms with Crippen molar-refractivity contribution in [3.63, 3.8) is 0 Å². The van der Waals surface area contributed by atoms with E-state index in [9.17, 15) is 23.3 Å². The predicted molar refractivity (Wildman–Crippen MR) is 94.4 cm³/mol. The Morgan fingerprint density at radius 3 is 2.38 bits per heavy atom.